The van der Waals surface area contributed by atoms with Crippen LogP contribution in [-0.4, -0.2) is 6.21 Å². The third-order valence-corrected chi connectivity index (χ3v) is 2.39. The van der Waals surface area contributed by atoms with Gasteiger partial charge in [0.1, 0.15) is 0 Å². The van der Waals surface area contributed by atoms with Gasteiger partial charge in [-0.3, -0.25) is 4.99 Å². The Hall–Kier alpha value is -1.63. The van der Waals surface area contributed by atoms with E-state index in [0.717, 1.165) is 5.69 Å². The highest BCUT2D eigenvalue weighted by molar-refractivity contribution is 5.95. The van der Waals surface area contributed by atoms with E-state index in [1.54, 1.807) is 0 Å². The first kappa shape index (κ1) is 8.95. The second-order valence-corrected chi connectivity index (χ2v) is 3.33. The Kier molecular flexibility index (Phi) is 2.32. The summed E-state index contributed by atoms with van der Waals surface area (Å²) in [6, 6.07) is 12.6. The molecule has 2 aromatic rings. The van der Waals surface area contributed by atoms with Gasteiger partial charge in [-0.1, -0.05) is 30.3 Å². The molecule has 0 aliphatic rings. The molecule has 0 saturated carbocycles. The minimum atomic E-state index is 1.05. The molecule has 0 amide bonds. The SMILES string of the molecule is CC=Nc1ccc(C)c2ccccc12. The van der Waals surface area contributed by atoms with Crippen LogP contribution in [0.1, 0.15) is 12.5 Å². The quantitative estimate of drug-likeness (QED) is 0.595. The lowest BCUT2D eigenvalue weighted by molar-refractivity contribution is 1.49. The third-order valence-electron chi connectivity index (χ3n) is 2.39. The average Bonchev–Trinajstić information content (AvgIpc) is 2.23. The Balaban J connectivity index is 2.81. The summed E-state index contributed by atoms with van der Waals surface area (Å²) in [5.74, 6) is 0. The monoisotopic (exact) mass is 183 g/mol. The molecule has 0 bridgehead atoms. The lowest BCUT2D eigenvalue weighted by Gasteiger charge is -2.04. The Bertz CT molecular complexity index is 484. The van der Waals surface area contributed by atoms with Crippen molar-refractivity contribution in [2.24, 2.45) is 4.99 Å². The molecule has 0 radical (unpaired) electrons. The summed E-state index contributed by atoms with van der Waals surface area (Å²) in [5, 5.41) is 2.52. The molecule has 0 aromatic heterocycles. The standard InChI is InChI=1S/C13H13N/c1-3-14-13-9-8-10(2)11-6-4-5-7-12(11)13/h3-9H,1-2H3. The first-order valence-corrected chi connectivity index (χ1v) is 4.80. The van der Waals surface area contributed by atoms with E-state index in [4.69, 9.17) is 0 Å². The zero-order valence-corrected chi connectivity index (χ0v) is 8.49. The Morgan fingerprint density at radius 3 is 2.43 bits per heavy atom. The molecule has 0 unspecified atom stereocenters. The van der Waals surface area contributed by atoms with Crippen LogP contribution in [-0.2, 0) is 0 Å². The van der Waals surface area contributed by atoms with Gasteiger partial charge in [0.05, 0.1) is 5.69 Å². The lowest BCUT2D eigenvalue weighted by atomic mass is 10.0. The second kappa shape index (κ2) is 3.62. The van der Waals surface area contributed by atoms with Crippen molar-refractivity contribution in [3.8, 4) is 0 Å². The predicted octanol–water partition coefficient (Wildman–Crippen LogP) is 3.87. The molecule has 0 spiro atoms. The summed E-state index contributed by atoms with van der Waals surface area (Å²) in [4.78, 5) is 4.35. The molecule has 0 fully saturated rings. The summed E-state index contributed by atoms with van der Waals surface area (Å²) < 4.78 is 0. The number of rotatable bonds is 1. The lowest BCUT2D eigenvalue weighted by Crippen LogP contribution is -1.78. The summed E-state index contributed by atoms with van der Waals surface area (Å²) in [5.41, 5.74) is 2.35. The predicted molar refractivity (Wildman–Crippen MR) is 62.5 cm³/mol. The van der Waals surface area contributed by atoms with E-state index in [0.29, 0.717) is 0 Å². The van der Waals surface area contributed by atoms with E-state index in [9.17, 15) is 0 Å². The second-order valence-electron chi connectivity index (χ2n) is 3.33. The fraction of sp³-hybridized carbons (Fsp3) is 0.154. The fourth-order valence-corrected chi connectivity index (χ4v) is 1.69. The van der Waals surface area contributed by atoms with Crippen LogP contribution in [0.15, 0.2) is 41.4 Å². The number of aliphatic imine (C=N–C) groups is 1. The summed E-state index contributed by atoms with van der Waals surface area (Å²) in [7, 11) is 0. The van der Waals surface area contributed by atoms with Crippen LogP contribution in [0.4, 0.5) is 5.69 Å². The third kappa shape index (κ3) is 1.41. The Labute approximate surface area is 84.1 Å². The van der Waals surface area contributed by atoms with Crippen molar-refractivity contribution in [1.82, 2.24) is 0 Å². The Morgan fingerprint density at radius 2 is 1.71 bits per heavy atom. The van der Waals surface area contributed by atoms with Crippen molar-refractivity contribution < 1.29 is 0 Å². The Morgan fingerprint density at radius 1 is 1.00 bits per heavy atom. The van der Waals surface area contributed by atoms with Gasteiger partial charge in [-0.25, -0.2) is 0 Å². The normalized spacial score (nSPS) is 11.3. The molecule has 0 aliphatic heterocycles. The molecule has 14 heavy (non-hydrogen) atoms. The zero-order chi connectivity index (χ0) is 9.97. The van der Waals surface area contributed by atoms with Crippen LogP contribution in [0.3, 0.4) is 0 Å². The molecule has 0 saturated heterocycles. The van der Waals surface area contributed by atoms with Crippen LogP contribution >= 0.6 is 0 Å². The topological polar surface area (TPSA) is 12.4 Å². The van der Waals surface area contributed by atoms with E-state index in [-0.39, 0.29) is 0 Å². The zero-order valence-electron chi connectivity index (χ0n) is 8.49. The smallest absolute Gasteiger partial charge is 0.0704 e. The van der Waals surface area contributed by atoms with Crippen molar-refractivity contribution in [3.63, 3.8) is 0 Å². The minimum Gasteiger partial charge on any atom is -0.261 e. The van der Waals surface area contributed by atoms with Crippen LogP contribution in [0, 0.1) is 6.92 Å². The van der Waals surface area contributed by atoms with Gasteiger partial charge in [0.15, 0.2) is 0 Å². The number of fused-ring (bicyclic) bond motifs is 1. The van der Waals surface area contributed by atoms with Crippen LogP contribution in [0.25, 0.3) is 10.8 Å². The summed E-state index contributed by atoms with van der Waals surface area (Å²) in [6.07, 6.45) is 1.83. The van der Waals surface area contributed by atoms with E-state index in [2.05, 4.69) is 48.3 Å². The maximum Gasteiger partial charge on any atom is 0.0704 e. The van der Waals surface area contributed by atoms with Crippen molar-refractivity contribution in [1.29, 1.82) is 0 Å². The van der Waals surface area contributed by atoms with Gasteiger partial charge in [-0.15, -0.1) is 0 Å². The summed E-state index contributed by atoms with van der Waals surface area (Å²) >= 11 is 0. The fourth-order valence-electron chi connectivity index (χ4n) is 1.69. The van der Waals surface area contributed by atoms with Gasteiger partial charge in [-0.05, 0) is 30.9 Å². The molecule has 2 aromatic carbocycles. The van der Waals surface area contributed by atoms with Gasteiger partial charge in [0.25, 0.3) is 0 Å². The maximum atomic E-state index is 4.35. The average molecular weight is 183 g/mol. The van der Waals surface area contributed by atoms with Crippen molar-refractivity contribution >= 4 is 22.7 Å². The van der Waals surface area contributed by atoms with E-state index in [1.165, 1.54) is 16.3 Å². The number of hydrogen-bond acceptors (Lipinski definition) is 1. The first-order chi connectivity index (χ1) is 6.83. The van der Waals surface area contributed by atoms with Gasteiger partial charge < -0.3 is 0 Å². The highest BCUT2D eigenvalue weighted by atomic mass is 14.7. The van der Waals surface area contributed by atoms with E-state index in [1.807, 2.05) is 13.1 Å². The molecule has 0 N–H and O–H groups in total. The molecule has 1 heteroatoms. The molecular weight excluding hydrogens is 170 g/mol. The summed E-state index contributed by atoms with van der Waals surface area (Å²) in [6.45, 7) is 4.07. The number of aryl methyl sites for hydroxylation is 1. The number of benzene rings is 2. The first-order valence-electron chi connectivity index (χ1n) is 4.80. The van der Waals surface area contributed by atoms with Crippen molar-refractivity contribution in [2.45, 2.75) is 13.8 Å². The molecule has 0 heterocycles. The number of hydrogen-bond donors (Lipinski definition) is 0. The molecule has 70 valence electrons. The largest absolute Gasteiger partial charge is 0.261 e. The van der Waals surface area contributed by atoms with Crippen molar-refractivity contribution in [2.75, 3.05) is 0 Å². The van der Waals surface area contributed by atoms with E-state index >= 15 is 0 Å². The van der Waals surface area contributed by atoms with Crippen molar-refractivity contribution in [3.05, 3.63) is 42.0 Å². The molecule has 2 rings (SSSR count). The maximum absolute atomic E-state index is 4.35. The van der Waals surface area contributed by atoms with Gasteiger partial charge in [0, 0.05) is 11.6 Å². The minimum absolute atomic E-state index is 1.05. The van der Waals surface area contributed by atoms with E-state index < -0.39 is 0 Å². The highest BCUT2D eigenvalue weighted by Gasteiger charge is 2.00. The highest BCUT2D eigenvalue weighted by Crippen LogP contribution is 2.27. The molecule has 0 aliphatic carbocycles. The van der Waals surface area contributed by atoms with Gasteiger partial charge in [0.2, 0.25) is 0 Å². The molecular formula is C13H13N. The van der Waals surface area contributed by atoms with Gasteiger partial charge in [-0.2, -0.15) is 0 Å². The van der Waals surface area contributed by atoms with Crippen LogP contribution in [0.2, 0.25) is 0 Å². The number of nitrogens with zero attached hydrogens (tertiary/aromatic N) is 1. The molecule has 0 atom stereocenters. The van der Waals surface area contributed by atoms with Gasteiger partial charge >= 0.3 is 0 Å². The molecule has 1 nitrogen and oxygen atoms in total. The van der Waals surface area contributed by atoms with Crippen LogP contribution < -0.4 is 0 Å². The van der Waals surface area contributed by atoms with Crippen LogP contribution in [0.5, 0.6) is 0 Å².